The Morgan fingerprint density at radius 1 is 0.861 bits per heavy atom. The fraction of sp³-hybridized carbons (Fsp3) is 0.414. The van der Waals surface area contributed by atoms with E-state index in [-0.39, 0.29) is 5.91 Å². The predicted molar refractivity (Wildman–Crippen MR) is 141 cm³/mol. The monoisotopic (exact) mass is 485 g/mol. The maximum atomic E-state index is 13.0. The van der Waals surface area contributed by atoms with E-state index in [0.29, 0.717) is 26.1 Å². The number of unbranched alkanes of at least 4 members (excludes halogenated alkanes) is 1. The van der Waals surface area contributed by atoms with Crippen molar-refractivity contribution in [3.8, 4) is 5.75 Å². The van der Waals surface area contributed by atoms with Crippen LogP contribution in [0.25, 0.3) is 0 Å². The molecule has 7 heteroatoms. The number of hydrogen-bond donors (Lipinski definition) is 0. The molecule has 0 saturated carbocycles. The number of amides is 1. The highest BCUT2D eigenvalue weighted by molar-refractivity contribution is 5.76. The Kier molecular flexibility index (Phi) is 8.08. The van der Waals surface area contributed by atoms with Crippen molar-refractivity contribution in [2.45, 2.75) is 38.8 Å². The Balaban J connectivity index is 1.12. The minimum atomic E-state index is 0.226. The highest BCUT2D eigenvalue weighted by Gasteiger charge is 2.22. The van der Waals surface area contributed by atoms with Crippen LogP contribution in [0.4, 0.5) is 5.95 Å². The van der Waals surface area contributed by atoms with Gasteiger partial charge >= 0.3 is 0 Å². The normalized spacial score (nSPS) is 16.2. The number of nitrogens with zero attached hydrogens (tertiary/aromatic N) is 5. The molecule has 1 aromatic heterocycles. The van der Waals surface area contributed by atoms with Crippen molar-refractivity contribution >= 4 is 11.9 Å². The lowest BCUT2D eigenvalue weighted by Crippen LogP contribution is -2.46. The lowest BCUT2D eigenvalue weighted by molar-refractivity contribution is -0.132. The number of benzene rings is 2. The number of anilines is 1. The van der Waals surface area contributed by atoms with Gasteiger partial charge in [0.1, 0.15) is 12.4 Å². The summed E-state index contributed by atoms with van der Waals surface area (Å²) in [5.41, 5.74) is 3.71. The third-order valence-corrected chi connectivity index (χ3v) is 7.02. The molecule has 3 heterocycles. The Bertz CT molecular complexity index is 1120. The van der Waals surface area contributed by atoms with Gasteiger partial charge in [0.15, 0.2) is 0 Å². The molecule has 5 rings (SSSR count). The zero-order chi connectivity index (χ0) is 24.6. The SMILES string of the molecule is O=C(CCCCc1ccccc1)N1CCOc2ccc(CN3CCN(c4ncccn4)CC3)cc2C1. The third kappa shape index (κ3) is 6.40. The van der Waals surface area contributed by atoms with Gasteiger partial charge in [-0.1, -0.05) is 36.4 Å². The summed E-state index contributed by atoms with van der Waals surface area (Å²) in [6, 6.07) is 18.8. The van der Waals surface area contributed by atoms with Crippen LogP contribution < -0.4 is 9.64 Å². The van der Waals surface area contributed by atoms with E-state index in [1.807, 2.05) is 17.0 Å². The average molecular weight is 486 g/mol. The number of rotatable bonds is 8. The quantitative estimate of drug-likeness (QED) is 0.451. The maximum Gasteiger partial charge on any atom is 0.225 e. The van der Waals surface area contributed by atoms with E-state index in [2.05, 4.69) is 62.2 Å². The number of carbonyl (C=O) groups excluding carboxylic acids is 1. The van der Waals surface area contributed by atoms with Crippen molar-refractivity contribution in [1.29, 1.82) is 0 Å². The maximum absolute atomic E-state index is 13.0. The molecule has 2 aliphatic rings. The fourth-order valence-electron chi connectivity index (χ4n) is 4.99. The Morgan fingerprint density at radius 3 is 2.47 bits per heavy atom. The molecule has 1 saturated heterocycles. The van der Waals surface area contributed by atoms with Gasteiger partial charge < -0.3 is 14.5 Å². The first-order valence-electron chi connectivity index (χ1n) is 13.1. The summed E-state index contributed by atoms with van der Waals surface area (Å²) in [5.74, 6) is 1.94. The number of aromatic nitrogens is 2. The fourth-order valence-corrected chi connectivity index (χ4v) is 4.99. The second-order valence-electron chi connectivity index (χ2n) is 9.61. The summed E-state index contributed by atoms with van der Waals surface area (Å²) in [4.78, 5) is 28.4. The highest BCUT2D eigenvalue weighted by atomic mass is 16.5. The topological polar surface area (TPSA) is 61.8 Å². The van der Waals surface area contributed by atoms with Crippen LogP contribution in [0.1, 0.15) is 36.0 Å². The minimum absolute atomic E-state index is 0.226. The minimum Gasteiger partial charge on any atom is -0.491 e. The average Bonchev–Trinajstić information content (AvgIpc) is 3.15. The van der Waals surface area contributed by atoms with E-state index < -0.39 is 0 Å². The van der Waals surface area contributed by atoms with Crippen LogP contribution in [-0.4, -0.2) is 65.0 Å². The van der Waals surface area contributed by atoms with Gasteiger partial charge in [-0.2, -0.15) is 0 Å². The van der Waals surface area contributed by atoms with Gasteiger partial charge in [0.25, 0.3) is 0 Å². The summed E-state index contributed by atoms with van der Waals surface area (Å²) in [6.07, 6.45) is 7.16. The van der Waals surface area contributed by atoms with E-state index in [9.17, 15) is 4.79 Å². The van der Waals surface area contributed by atoms with Crippen LogP contribution >= 0.6 is 0 Å². The van der Waals surface area contributed by atoms with Crippen LogP contribution in [0.2, 0.25) is 0 Å². The molecule has 7 nitrogen and oxygen atoms in total. The first-order chi connectivity index (χ1) is 17.7. The first-order valence-corrected chi connectivity index (χ1v) is 13.1. The molecule has 3 aromatic rings. The zero-order valence-corrected chi connectivity index (χ0v) is 20.9. The predicted octanol–water partition coefficient (Wildman–Crippen LogP) is 3.93. The number of carbonyl (C=O) groups is 1. The van der Waals surface area contributed by atoms with E-state index in [0.717, 1.165) is 69.2 Å². The van der Waals surface area contributed by atoms with Gasteiger partial charge in [0.05, 0.1) is 6.54 Å². The number of ether oxygens (including phenoxy) is 1. The van der Waals surface area contributed by atoms with Crippen molar-refractivity contribution in [3.63, 3.8) is 0 Å². The molecule has 2 aliphatic heterocycles. The van der Waals surface area contributed by atoms with Gasteiger partial charge in [-0.25, -0.2) is 9.97 Å². The molecule has 0 spiro atoms. The molecule has 0 bridgehead atoms. The van der Waals surface area contributed by atoms with Crippen molar-refractivity contribution in [1.82, 2.24) is 19.8 Å². The lowest BCUT2D eigenvalue weighted by atomic mass is 10.1. The molecule has 1 fully saturated rings. The van der Waals surface area contributed by atoms with E-state index in [1.165, 1.54) is 11.1 Å². The van der Waals surface area contributed by atoms with Crippen LogP contribution in [0.3, 0.4) is 0 Å². The van der Waals surface area contributed by atoms with E-state index in [1.54, 1.807) is 12.4 Å². The third-order valence-electron chi connectivity index (χ3n) is 7.02. The largest absolute Gasteiger partial charge is 0.491 e. The summed E-state index contributed by atoms with van der Waals surface area (Å²) in [7, 11) is 0. The van der Waals surface area contributed by atoms with Gasteiger partial charge in [0.2, 0.25) is 11.9 Å². The molecule has 0 N–H and O–H groups in total. The standard InChI is InChI=1S/C29H35N5O2/c35-28(10-5-4-9-24-7-2-1-3-8-24)34-19-20-36-27-12-11-25(21-26(27)23-34)22-32-15-17-33(18-16-32)29-30-13-6-14-31-29/h1-3,6-8,11-14,21H,4-5,9-10,15-20,22-23H2. The molecule has 36 heavy (non-hydrogen) atoms. The first kappa shape index (κ1) is 24.3. The zero-order valence-electron chi connectivity index (χ0n) is 20.9. The van der Waals surface area contributed by atoms with Gasteiger partial charge in [-0.05, 0) is 48.6 Å². The van der Waals surface area contributed by atoms with Crippen molar-refractivity contribution in [3.05, 3.63) is 83.7 Å². The number of fused-ring (bicyclic) bond motifs is 1. The van der Waals surface area contributed by atoms with Crippen molar-refractivity contribution < 1.29 is 9.53 Å². The summed E-state index contributed by atoms with van der Waals surface area (Å²) >= 11 is 0. The lowest BCUT2D eigenvalue weighted by Gasteiger charge is -2.34. The molecule has 0 radical (unpaired) electrons. The molecule has 0 unspecified atom stereocenters. The Hall–Kier alpha value is -3.45. The van der Waals surface area contributed by atoms with E-state index >= 15 is 0 Å². The van der Waals surface area contributed by atoms with Gasteiger partial charge in [-0.15, -0.1) is 0 Å². The summed E-state index contributed by atoms with van der Waals surface area (Å²) in [5, 5.41) is 0. The summed E-state index contributed by atoms with van der Waals surface area (Å²) < 4.78 is 5.99. The van der Waals surface area contributed by atoms with Crippen LogP contribution in [0.15, 0.2) is 67.0 Å². The molecule has 0 aliphatic carbocycles. The van der Waals surface area contributed by atoms with Crippen LogP contribution in [0, 0.1) is 0 Å². The highest BCUT2D eigenvalue weighted by Crippen LogP contribution is 2.26. The Morgan fingerprint density at radius 2 is 1.67 bits per heavy atom. The molecular weight excluding hydrogens is 450 g/mol. The second kappa shape index (κ2) is 12.0. The summed E-state index contributed by atoms with van der Waals surface area (Å²) in [6.45, 7) is 6.49. The molecular formula is C29H35N5O2. The van der Waals surface area contributed by atoms with E-state index in [4.69, 9.17) is 4.74 Å². The van der Waals surface area contributed by atoms with Gasteiger partial charge in [0, 0.05) is 63.6 Å². The van der Waals surface area contributed by atoms with Crippen LogP contribution in [0.5, 0.6) is 5.75 Å². The smallest absolute Gasteiger partial charge is 0.225 e. The van der Waals surface area contributed by atoms with Crippen molar-refractivity contribution in [2.24, 2.45) is 0 Å². The van der Waals surface area contributed by atoms with Crippen molar-refractivity contribution in [2.75, 3.05) is 44.2 Å². The molecule has 0 atom stereocenters. The molecule has 188 valence electrons. The number of aryl methyl sites for hydroxylation is 1. The molecule has 1 amide bonds. The number of piperazine rings is 1. The second-order valence-corrected chi connectivity index (χ2v) is 9.61. The number of hydrogen-bond acceptors (Lipinski definition) is 6. The van der Waals surface area contributed by atoms with Gasteiger partial charge in [-0.3, -0.25) is 9.69 Å². The Labute approximate surface area is 213 Å². The molecule has 2 aromatic carbocycles. The van der Waals surface area contributed by atoms with Crippen LogP contribution in [-0.2, 0) is 24.3 Å².